The normalized spacial score (nSPS) is 20.3. The van der Waals surface area contributed by atoms with Crippen molar-refractivity contribution in [1.82, 2.24) is 15.3 Å². The molecule has 80 valence electrons. The lowest BCUT2D eigenvalue weighted by Gasteiger charge is -2.10. The van der Waals surface area contributed by atoms with Gasteiger partial charge in [0.15, 0.2) is 0 Å². The van der Waals surface area contributed by atoms with E-state index < -0.39 is 5.69 Å². The molecule has 0 spiro atoms. The Kier molecular flexibility index (Phi) is 2.40. The lowest BCUT2D eigenvalue weighted by atomic mass is 10.1. The summed E-state index contributed by atoms with van der Waals surface area (Å²) in [4.78, 5) is 27.8. The molecule has 1 saturated heterocycles. The van der Waals surface area contributed by atoms with Crippen molar-refractivity contribution in [2.75, 3.05) is 5.73 Å². The number of H-pyrrole nitrogens is 1. The summed E-state index contributed by atoms with van der Waals surface area (Å²) in [6, 6.07) is 0.104. The zero-order valence-corrected chi connectivity index (χ0v) is 8.12. The number of amides is 1. The highest BCUT2D eigenvalue weighted by atomic mass is 16.2. The third kappa shape index (κ3) is 2.15. The van der Waals surface area contributed by atoms with Gasteiger partial charge in [0.25, 0.3) is 0 Å². The second-order valence-corrected chi connectivity index (χ2v) is 3.63. The first-order chi connectivity index (χ1) is 7.15. The van der Waals surface area contributed by atoms with Crippen LogP contribution in [0.4, 0.5) is 5.82 Å². The van der Waals surface area contributed by atoms with Crippen molar-refractivity contribution < 1.29 is 4.79 Å². The van der Waals surface area contributed by atoms with E-state index in [9.17, 15) is 9.59 Å². The van der Waals surface area contributed by atoms with Crippen LogP contribution in [0, 0.1) is 0 Å². The Labute approximate surface area is 85.9 Å². The van der Waals surface area contributed by atoms with Gasteiger partial charge in [-0.25, -0.2) is 9.78 Å². The van der Waals surface area contributed by atoms with Gasteiger partial charge in [0, 0.05) is 24.2 Å². The fourth-order valence-electron chi connectivity index (χ4n) is 1.69. The highest BCUT2D eigenvalue weighted by Gasteiger charge is 2.21. The minimum Gasteiger partial charge on any atom is -0.385 e. The molecule has 6 heteroatoms. The lowest BCUT2D eigenvalue weighted by Crippen LogP contribution is -2.28. The summed E-state index contributed by atoms with van der Waals surface area (Å²) in [5.74, 6) is 0.395. The van der Waals surface area contributed by atoms with Crippen molar-refractivity contribution in [3.05, 3.63) is 22.2 Å². The molecule has 1 aromatic heterocycles. The van der Waals surface area contributed by atoms with Gasteiger partial charge in [-0.2, -0.15) is 0 Å². The number of rotatable bonds is 2. The van der Waals surface area contributed by atoms with Gasteiger partial charge in [0.1, 0.15) is 5.82 Å². The summed E-state index contributed by atoms with van der Waals surface area (Å²) in [6.07, 6.45) is 3.43. The van der Waals surface area contributed by atoms with Gasteiger partial charge in [0.05, 0.1) is 0 Å². The van der Waals surface area contributed by atoms with Crippen molar-refractivity contribution >= 4 is 11.7 Å². The quantitative estimate of drug-likeness (QED) is 0.590. The Balaban J connectivity index is 2.11. The number of hydrogen-bond donors (Lipinski definition) is 3. The monoisotopic (exact) mass is 208 g/mol. The Bertz CT molecular complexity index is 440. The van der Waals surface area contributed by atoms with Gasteiger partial charge in [-0.1, -0.05) is 0 Å². The van der Waals surface area contributed by atoms with Crippen LogP contribution in [0.3, 0.4) is 0 Å². The molecular weight excluding hydrogens is 196 g/mol. The number of carbonyl (C=O) groups excluding carboxylic acids is 1. The fraction of sp³-hybridized carbons (Fsp3) is 0.444. The molecule has 15 heavy (non-hydrogen) atoms. The molecule has 1 atom stereocenters. The third-order valence-corrected chi connectivity index (χ3v) is 2.48. The van der Waals surface area contributed by atoms with Crippen molar-refractivity contribution in [2.24, 2.45) is 0 Å². The van der Waals surface area contributed by atoms with Gasteiger partial charge >= 0.3 is 5.69 Å². The summed E-state index contributed by atoms with van der Waals surface area (Å²) < 4.78 is 0. The van der Waals surface area contributed by atoms with Crippen LogP contribution in [-0.4, -0.2) is 21.9 Å². The Morgan fingerprint density at radius 1 is 1.53 bits per heavy atom. The predicted molar refractivity (Wildman–Crippen MR) is 54.1 cm³/mol. The molecule has 0 aliphatic carbocycles. The molecule has 1 aromatic rings. The molecule has 0 saturated carbocycles. The first kappa shape index (κ1) is 9.70. The highest BCUT2D eigenvalue weighted by molar-refractivity contribution is 5.78. The predicted octanol–water partition coefficient (Wildman–Crippen LogP) is -0.827. The van der Waals surface area contributed by atoms with E-state index in [1.54, 1.807) is 0 Å². The molecule has 0 unspecified atom stereocenters. The SMILES string of the molecule is Nc1[nH]c(=O)ncc1C[C@@H]1CCC(=O)N1. The summed E-state index contributed by atoms with van der Waals surface area (Å²) in [5.41, 5.74) is 5.94. The maximum Gasteiger partial charge on any atom is 0.346 e. The first-order valence-electron chi connectivity index (χ1n) is 4.78. The number of nitrogens with one attached hydrogen (secondary N) is 2. The molecule has 1 fully saturated rings. The maximum absolute atomic E-state index is 11.0. The molecule has 1 aliphatic rings. The van der Waals surface area contributed by atoms with Crippen molar-refractivity contribution in [2.45, 2.75) is 25.3 Å². The molecule has 0 bridgehead atoms. The van der Waals surface area contributed by atoms with Gasteiger partial charge in [-0.3, -0.25) is 9.78 Å². The first-order valence-corrected chi connectivity index (χ1v) is 4.78. The minimum absolute atomic E-state index is 0.0657. The maximum atomic E-state index is 11.0. The van der Waals surface area contributed by atoms with Crippen LogP contribution in [0.1, 0.15) is 18.4 Å². The molecule has 0 aromatic carbocycles. The van der Waals surface area contributed by atoms with Crippen LogP contribution in [0.2, 0.25) is 0 Å². The van der Waals surface area contributed by atoms with E-state index >= 15 is 0 Å². The van der Waals surface area contributed by atoms with Crippen LogP contribution in [0.15, 0.2) is 11.0 Å². The Hall–Kier alpha value is -1.85. The number of hydrogen-bond acceptors (Lipinski definition) is 4. The molecule has 1 aliphatic heterocycles. The summed E-state index contributed by atoms with van der Waals surface area (Å²) in [5, 5.41) is 2.83. The van der Waals surface area contributed by atoms with E-state index in [1.807, 2.05) is 0 Å². The van der Waals surface area contributed by atoms with Crippen molar-refractivity contribution in [3.63, 3.8) is 0 Å². The second-order valence-electron chi connectivity index (χ2n) is 3.63. The molecule has 2 rings (SSSR count). The number of nitrogen functional groups attached to an aromatic ring is 1. The van der Waals surface area contributed by atoms with E-state index in [0.717, 1.165) is 12.0 Å². The Morgan fingerprint density at radius 2 is 2.33 bits per heavy atom. The van der Waals surface area contributed by atoms with Crippen LogP contribution >= 0.6 is 0 Å². The average molecular weight is 208 g/mol. The number of aromatic nitrogens is 2. The van der Waals surface area contributed by atoms with Crippen molar-refractivity contribution in [1.29, 1.82) is 0 Å². The molecule has 0 radical (unpaired) electrons. The molecule has 2 heterocycles. The van der Waals surface area contributed by atoms with E-state index in [4.69, 9.17) is 5.73 Å². The number of anilines is 1. The standard InChI is InChI=1S/C9H12N4O2/c10-8-5(4-11-9(15)13-8)3-6-1-2-7(14)12-6/h4,6H,1-3H2,(H,12,14)(H3,10,11,13,15)/t6-/m0/s1. The average Bonchev–Trinajstić information content (AvgIpc) is 2.56. The zero-order chi connectivity index (χ0) is 10.8. The fourth-order valence-corrected chi connectivity index (χ4v) is 1.69. The lowest BCUT2D eigenvalue weighted by molar-refractivity contribution is -0.119. The summed E-state index contributed by atoms with van der Waals surface area (Å²) in [7, 11) is 0. The smallest absolute Gasteiger partial charge is 0.346 e. The van der Waals surface area contributed by atoms with Crippen LogP contribution in [0.25, 0.3) is 0 Å². The summed E-state index contributed by atoms with van der Waals surface area (Å²) >= 11 is 0. The van der Waals surface area contributed by atoms with Crippen LogP contribution in [-0.2, 0) is 11.2 Å². The molecule has 1 amide bonds. The van der Waals surface area contributed by atoms with E-state index in [2.05, 4.69) is 15.3 Å². The number of aromatic amines is 1. The molecule has 6 nitrogen and oxygen atoms in total. The second kappa shape index (κ2) is 3.72. The summed E-state index contributed by atoms with van der Waals surface area (Å²) in [6.45, 7) is 0. The third-order valence-electron chi connectivity index (χ3n) is 2.48. The zero-order valence-electron chi connectivity index (χ0n) is 8.12. The topological polar surface area (TPSA) is 101 Å². The Morgan fingerprint density at radius 3 is 2.93 bits per heavy atom. The van der Waals surface area contributed by atoms with Gasteiger partial charge < -0.3 is 11.1 Å². The number of nitrogens with two attached hydrogens (primary N) is 1. The minimum atomic E-state index is -0.452. The van der Waals surface area contributed by atoms with Gasteiger partial charge in [-0.15, -0.1) is 0 Å². The molecular formula is C9H12N4O2. The van der Waals surface area contributed by atoms with E-state index in [-0.39, 0.29) is 11.9 Å². The highest BCUT2D eigenvalue weighted by Crippen LogP contribution is 2.14. The van der Waals surface area contributed by atoms with Crippen LogP contribution in [0.5, 0.6) is 0 Å². The van der Waals surface area contributed by atoms with Gasteiger partial charge in [0.2, 0.25) is 5.91 Å². The van der Waals surface area contributed by atoms with Crippen LogP contribution < -0.4 is 16.7 Å². The largest absolute Gasteiger partial charge is 0.385 e. The number of nitrogens with zero attached hydrogens (tertiary/aromatic N) is 1. The number of carbonyl (C=O) groups is 1. The van der Waals surface area contributed by atoms with Gasteiger partial charge in [-0.05, 0) is 12.8 Å². The van der Waals surface area contributed by atoms with Crippen molar-refractivity contribution in [3.8, 4) is 0 Å². The van der Waals surface area contributed by atoms with E-state index in [1.165, 1.54) is 6.20 Å². The van der Waals surface area contributed by atoms with E-state index in [0.29, 0.717) is 18.7 Å². The molecule has 4 N–H and O–H groups in total.